The monoisotopic (exact) mass is 312 g/mol. The van der Waals surface area contributed by atoms with E-state index in [0.717, 1.165) is 31.2 Å². The number of hydrogen-bond acceptors (Lipinski definition) is 3. The molecule has 1 saturated carbocycles. The summed E-state index contributed by atoms with van der Waals surface area (Å²) >= 11 is 0. The number of anilines is 1. The molecular weight excluding hydrogens is 288 g/mol. The summed E-state index contributed by atoms with van der Waals surface area (Å²) in [5.74, 6) is -0.00577. The molecule has 0 heterocycles. The second-order valence-corrected chi connectivity index (χ2v) is 6.11. The van der Waals surface area contributed by atoms with E-state index in [9.17, 15) is 9.90 Å². The minimum Gasteiger partial charge on any atom is -0.399 e. The molecule has 0 radical (unpaired) electrons. The lowest BCUT2D eigenvalue weighted by molar-refractivity contribution is -0.121. The highest BCUT2D eigenvalue weighted by atomic mass is 35.5. The van der Waals surface area contributed by atoms with Crippen LogP contribution < -0.4 is 11.1 Å². The molecule has 1 aliphatic carbocycles. The van der Waals surface area contributed by atoms with E-state index < -0.39 is 0 Å². The molecule has 0 spiro atoms. The van der Waals surface area contributed by atoms with Crippen LogP contribution in [0.3, 0.4) is 0 Å². The Morgan fingerprint density at radius 1 is 1.38 bits per heavy atom. The Morgan fingerprint density at radius 3 is 2.67 bits per heavy atom. The van der Waals surface area contributed by atoms with Crippen molar-refractivity contribution in [3.63, 3.8) is 0 Å². The molecule has 1 aromatic rings. The Morgan fingerprint density at radius 2 is 2.05 bits per heavy atom. The predicted molar refractivity (Wildman–Crippen MR) is 87.4 cm³/mol. The van der Waals surface area contributed by atoms with E-state index in [-0.39, 0.29) is 29.8 Å². The van der Waals surface area contributed by atoms with Crippen molar-refractivity contribution in [2.45, 2.75) is 45.1 Å². The van der Waals surface area contributed by atoms with Gasteiger partial charge in [-0.1, -0.05) is 31.9 Å². The molecule has 21 heavy (non-hydrogen) atoms. The number of carbonyl (C=O) groups excluding carboxylic acids is 1. The zero-order chi connectivity index (χ0) is 14.6. The number of amides is 1. The second kappa shape index (κ2) is 7.66. The summed E-state index contributed by atoms with van der Waals surface area (Å²) < 4.78 is 0. The van der Waals surface area contributed by atoms with Gasteiger partial charge in [0.25, 0.3) is 0 Å². The third-order valence-corrected chi connectivity index (χ3v) is 4.31. The molecule has 0 saturated heterocycles. The van der Waals surface area contributed by atoms with Crippen LogP contribution in [0.5, 0.6) is 0 Å². The van der Waals surface area contributed by atoms with Crippen LogP contribution in [0.1, 0.15) is 38.2 Å². The average molecular weight is 313 g/mol. The largest absolute Gasteiger partial charge is 0.399 e. The van der Waals surface area contributed by atoms with Crippen LogP contribution in [0.4, 0.5) is 5.69 Å². The van der Waals surface area contributed by atoms with Gasteiger partial charge in [-0.15, -0.1) is 12.4 Å². The summed E-state index contributed by atoms with van der Waals surface area (Å²) in [6.45, 7) is 2.60. The number of benzene rings is 1. The maximum absolute atomic E-state index is 12.0. The smallest absolute Gasteiger partial charge is 0.224 e. The zero-order valence-electron chi connectivity index (χ0n) is 12.5. The fraction of sp³-hybridized carbons (Fsp3) is 0.562. The van der Waals surface area contributed by atoms with Crippen LogP contribution >= 0.6 is 12.4 Å². The van der Waals surface area contributed by atoms with Crippen LogP contribution in [0.15, 0.2) is 24.3 Å². The van der Waals surface area contributed by atoms with Gasteiger partial charge in [0.15, 0.2) is 0 Å². The molecule has 1 aromatic carbocycles. The number of aliphatic hydroxyl groups excluding tert-OH is 1. The highest BCUT2D eigenvalue weighted by Gasteiger charge is 2.35. The highest BCUT2D eigenvalue weighted by Crippen LogP contribution is 2.35. The van der Waals surface area contributed by atoms with Crippen LogP contribution in [0.25, 0.3) is 0 Å². The van der Waals surface area contributed by atoms with Crippen molar-refractivity contribution < 1.29 is 9.90 Å². The summed E-state index contributed by atoms with van der Waals surface area (Å²) in [6, 6.07) is 7.34. The SMILES string of the molecule is CC1(CNC(=O)Cc2ccc(N)cc2)CCCCC1O.Cl. The van der Waals surface area contributed by atoms with E-state index in [4.69, 9.17) is 5.73 Å². The van der Waals surface area contributed by atoms with E-state index in [1.807, 2.05) is 12.1 Å². The lowest BCUT2D eigenvalue weighted by Gasteiger charge is -2.38. The minimum atomic E-state index is -0.312. The fourth-order valence-electron chi connectivity index (χ4n) is 2.77. The maximum Gasteiger partial charge on any atom is 0.224 e. The Hall–Kier alpha value is -1.26. The van der Waals surface area contributed by atoms with E-state index in [1.54, 1.807) is 12.1 Å². The Kier molecular flexibility index (Phi) is 6.49. The van der Waals surface area contributed by atoms with Gasteiger partial charge in [0, 0.05) is 17.6 Å². The van der Waals surface area contributed by atoms with Crippen molar-refractivity contribution in [3.8, 4) is 0 Å². The summed E-state index contributed by atoms with van der Waals surface area (Å²) in [7, 11) is 0. The van der Waals surface area contributed by atoms with Gasteiger partial charge < -0.3 is 16.2 Å². The van der Waals surface area contributed by atoms with Gasteiger partial charge in [-0.2, -0.15) is 0 Å². The molecule has 4 N–H and O–H groups in total. The van der Waals surface area contributed by atoms with Crippen molar-refractivity contribution in [2.75, 3.05) is 12.3 Å². The number of hydrogen-bond donors (Lipinski definition) is 3. The Balaban J connectivity index is 0.00000220. The molecule has 0 bridgehead atoms. The third kappa shape index (κ3) is 4.90. The van der Waals surface area contributed by atoms with Gasteiger partial charge in [-0.05, 0) is 30.5 Å². The first-order valence-corrected chi connectivity index (χ1v) is 7.29. The predicted octanol–water partition coefficient (Wildman–Crippen LogP) is 2.29. The number of nitrogen functional groups attached to an aromatic ring is 1. The van der Waals surface area contributed by atoms with Crippen molar-refractivity contribution >= 4 is 24.0 Å². The molecule has 0 aliphatic heterocycles. The van der Waals surface area contributed by atoms with Gasteiger partial charge in [0.1, 0.15) is 0 Å². The molecule has 2 unspecified atom stereocenters. The Bertz CT molecular complexity index is 464. The molecular formula is C16H25ClN2O2. The number of rotatable bonds is 4. The number of halogens is 1. The number of aliphatic hydroxyl groups is 1. The summed E-state index contributed by atoms with van der Waals surface area (Å²) in [5, 5.41) is 13.1. The minimum absolute atomic E-state index is 0. The quantitative estimate of drug-likeness (QED) is 0.747. The van der Waals surface area contributed by atoms with E-state index in [2.05, 4.69) is 12.2 Å². The van der Waals surface area contributed by atoms with E-state index >= 15 is 0 Å². The van der Waals surface area contributed by atoms with Gasteiger partial charge in [-0.3, -0.25) is 4.79 Å². The van der Waals surface area contributed by atoms with Crippen LogP contribution in [0.2, 0.25) is 0 Å². The number of carbonyl (C=O) groups is 1. The Labute approximate surface area is 132 Å². The molecule has 5 heteroatoms. The molecule has 1 fully saturated rings. The van der Waals surface area contributed by atoms with Crippen molar-refractivity contribution in [1.29, 1.82) is 0 Å². The second-order valence-electron chi connectivity index (χ2n) is 6.11. The summed E-state index contributed by atoms with van der Waals surface area (Å²) in [6.07, 6.45) is 4.05. The first-order valence-electron chi connectivity index (χ1n) is 7.29. The van der Waals surface area contributed by atoms with E-state index in [1.165, 1.54) is 0 Å². The van der Waals surface area contributed by atoms with Crippen LogP contribution in [-0.4, -0.2) is 23.7 Å². The summed E-state index contributed by atoms with van der Waals surface area (Å²) in [4.78, 5) is 12.0. The topological polar surface area (TPSA) is 75.4 Å². The van der Waals surface area contributed by atoms with Crippen molar-refractivity contribution in [3.05, 3.63) is 29.8 Å². The number of nitrogens with one attached hydrogen (secondary N) is 1. The maximum atomic E-state index is 12.0. The number of nitrogens with two attached hydrogens (primary N) is 1. The average Bonchev–Trinajstić information content (AvgIpc) is 2.43. The molecule has 118 valence electrons. The van der Waals surface area contributed by atoms with Crippen molar-refractivity contribution in [2.24, 2.45) is 5.41 Å². The molecule has 2 rings (SSSR count). The zero-order valence-corrected chi connectivity index (χ0v) is 13.3. The molecule has 4 nitrogen and oxygen atoms in total. The fourth-order valence-corrected chi connectivity index (χ4v) is 2.77. The van der Waals surface area contributed by atoms with Gasteiger partial charge >= 0.3 is 0 Å². The first-order chi connectivity index (χ1) is 9.49. The molecule has 1 amide bonds. The summed E-state index contributed by atoms with van der Waals surface area (Å²) in [5.41, 5.74) is 7.08. The van der Waals surface area contributed by atoms with Gasteiger partial charge in [0.2, 0.25) is 5.91 Å². The van der Waals surface area contributed by atoms with Crippen LogP contribution in [-0.2, 0) is 11.2 Å². The molecule has 0 aromatic heterocycles. The van der Waals surface area contributed by atoms with Gasteiger partial charge in [0.05, 0.1) is 12.5 Å². The molecule has 1 aliphatic rings. The highest BCUT2D eigenvalue weighted by molar-refractivity contribution is 5.85. The van der Waals surface area contributed by atoms with Gasteiger partial charge in [-0.25, -0.2) is 0 Å². The lowest BCUT2D eigenvalue weighted by atomic mass is 9.73. The van der Waals surface area contributed by atoms with Crippen LogP contribution in [0, 0.1) is 5.41 Å². The standard InChI is InChI=1S/C16H24N2O2.ClH/c1-16(9-3-2-4-14(16)19)11-18-15(20)10-12-5-7-13(17)8-6-12;/h5-8,14,19H,2-4,9-11,17H2,1H3,(H,18,20);1H. The normalized spacial score (nSPS) is 25.0. The lowest BCUT2D eigenvalue weighted by Crippen LogP contribution is -2.45. The van der Waals surface area contributed by atoms with E-state index in [0.29, 0.717) is 18.7 Å². The third-order valence-electron chi connectivity index (χ3n) is 4.31. The first kappa shape index (κ1) is 17.8. The molecule has 2 atom stereocenters. The van der Waals surface area contributed by atoms with Crippen molar-refractivity contribution in [1.82, 2.24) is 5.32 Å².